The second-order valence-corrected chi connectivity index (χ2v) is 4.44. The summed E-state index contributed by atoms with van der Waals surface area (Å²) in [5.41, 5.74) is 0.865. The molecule has 1 aromatic carbocycles. The van der Waals surface area contributed by atoms with Crippen LogP contribution >= 0.6 is 11.3 Å². The minimum Gasteiger partial charge on any atom is -0.497 e. The minimum atomic E-state index is -0.979. The molecule has 0 fully saturated rings. The van der Waals surface area contributed by atoms with Crippen LogP contribution in [0.25, 0.3) is 10.2 Å². The van der Waals surface area contributed by atoms with E-state index in [4.69, 9.17) is 14.6 Å². The number of methoxy groups -OCH3 is 1. The maximum absolute atomic E-state index is 10.3. The van der Waals surface area contributed by atoms with Crippen LogP contribution in [-0.2, 0) is 16.1 Å². The third-order valence-electron chi connectivity index (χ3n) is 2.09. The largest absolute Gasteiger partial charge is 0.497 e. The van der Waals surface area contributed by atoms with E-state index in [0.717, 1.165) is 21.0 Å². The average molecular weight is 253 g/mol. The van der Waals surface area contributed by atoms with Gasteiger partial charge in [0.1, 0.15) is 17.4 Å². The lowest BCUT2D eigenvalue weighted by Gasteiger charge is -1.96. The first-order chi connectivity index (χ1) is 8.19. The van der Waals surface area contributed by atoms with Crippen molar-refractivity contribution in [1.29, 1.82) is 0 Å². The standard InChI is InChI=1S/C11H11NO4S/c1-15-7-2-3-8-9(4-7)17-10(12-8)5-16-6-11(13)14/h2-4H,5-6H2,1H3,(H,13,14). The first kappa shape index (κ1) is 11.8. The summed E-state index contributed by atoms with van der Waals surface area (Å²) in [6, 6.07) is 5.60. The van der Waals surface area contributed by atoms with E-state index >= 15 is 0 Å². The fourth-order valence-corrected chi connectivity index (χ4v) is 2.30. The first-order valence-electron chi connectivity index (χ1n) is 4.92. The van der Waals surface area contributed by atoms with Gasteiger partial charge < -0.3 is 14.6 Å². The zero-order valence-electron chi connectivity index (χ0n) is 9.17. The van der Waals surface area contributed by atoms with Crippen molar-refractivity contribution in [3.05, 3.63) is 23.2 Å². The number of aliphatic carboxylic acids is 1. The topological polar surface area (TPSA) is 68.7 Å². The number of hydrogen-bond acceptors (Lipinski definition) is 5. The number of aromatic nitrogens is 1. The van der Waals surface area contributed by atoms with E-state index in [1.54, 1.807) is 7.11 Å². The normalized spacial score (nSPS) is 10.6. The molecule has 0 saturated heterocycles. The number of ether oxygens (including phenoxy) is 2. The van der Waals surface area contributed by atoms with Crippen LogP contribution in [0.5, 0.6) is 5.75 Å². The van der Waals surface area contributed by atoms with Crippen LogP contribution in [0.3, 0.4) is 0 Å². The zero-order chi connectivity index (χ0) is 12.3. The second kappa shape index (κ2) is 5.11. The summed E-state index contributed by atoms with van der Waals surface area (Å²) in [6.07, 6.45) is 0. The predicted molar refractivity (Wildman–Crippen MR) is 63.5 cm³/mol. The van der Waals surface area contributed by atoms with Crippen LogP contribution in [0.15, 0.2) is 18.2 Å². The average Bonchev–Trinajstić information content (AvgIpc) is 2.69. The lowest BCUT2D eigenvalue weighted by molar-refractivity contribution is -0.142. The second-order valence-electron chi connectivity index (χ2n) is 3.33. The van der Waals surface area contributed by atoms with Crippen LogP contribution in [0.2, 0.25) is 0 Å². The Morgan fingerprint density at radius 1 is 1.53 bits per heavy atom. The SMILES string of the molecule is COc1ccc2nc(COCC(=O)O)sc2c1. The molecule has 90 valence electrons. The molecule has 0 bridgehead atoms. The van der Waals surface area contributed by atoms with Crippen molar-refractivity contribution in [2.24, 2.45) is 0 Å². The van der Waals surface area contributed by atoms with Gasteiger partial charge in [0.25, 0.3) is 0 Å². The van der Waals surface area contributed by atoms with Crippen molar-refractivity contribution >= 4 is 27.5 Å². The van der Waals surface area contributed by atoms with Gasteiger partial charge in [0, 0.05) is 0 Å². The Morgan fingerprint density at radius 2 is 2.35 bits per heavy atom. The van der Waals surface area contributed by atoms with Crippen LogP contribution in [0.1, 0.15) is 5.01 Å². The molecule has 17 heavy (non-hydrogen) atoms. The lowest BCUT2D eigenvalue weighted by Crippen LogP contribution is -2.06. The fourth-order valence-electron chi connectivity index (χ4n) is 1.37. The molecule has 0 aliphatic heterocycles. The summed E-state index contributed by atoms with van der Waals surface area (Å²) in [7, 11) is 1.61. The van der Waals surface area contributed by atoms with Gasteiger partial charge >= 0.3 is 5.97 Å². The van der Waals surface area contributed by atoms with Gasteiger partial charge in [-0.3, -0.25) is 0 Å². The quantitative estimate of drug-likeness (QED) is 0.881. The smallest absolute Gasteiger partial charge is 0.329 e. The summed E-state index contributed by atoms with van der Waals surface area (Å²) in [5.74, 6) is -0.202. The minimum absolute atomic E-state index is 0.216. The Kier molecular flexibility index (Phi) is 3.55. The van der Waals surface area contributed by atoms with Crippen LogP contribution < -0.4 is 4.74 Å². The molecule has 2 rings (SSSR count). The van der Waals surface area contributed by atoms with Crippen molar-refractivity contribution in [2.75, 3.05) is 13.7 Å². The van der Waals surface area contributed by atoms with Gasteiger partial charge in [-0.2, -0.15) is 0 Å². The van der Waals surface area contributed by atoms with Crippen molar-refractivity contribution in [3.8, 4) is 5.75 Å². The number of hydrogen-bond donors (Lipinski definition) is 1. The van der Waals surface area contributed by atoms with Gasteiger partial charge in [0.2, 0.25) is 0 Å². The van der Waals surface area contributed by atoms with E-state index < -0.39 is 5.97 Å². The number of nitrogens with zero attached hydrogens (tertiary/aromatic N) is 1. The van der Waals surface area contributed by atoms with Crippen LogP contribution in [-0.4, -0.2) is 29.8 Å². The molecule has 0 aliphatic rings. The molecule has 1 heterocycles. The maximum Gasteiger partial charge on any atom is 0.329 e. The van der Waals surface area contributed by atoms with Crippen molar-refractivity contribution < 1.29 is 19.4 Å². The van der Waals surface area contributed by atoms with Gasteiger partial charge in [-0.05, 0) is 18.2 Å². The molecule has 1 aromatic heterocycles. The first-order valence-corrected chi connectivity index (χ1v) is 5.73. The third-order valence-corrected chi connectivity index (χ3v) is 3.08. The van der Waals surface area contributed by atoms with E-state index in [2.05, 4.69) is 4.98 Å². The monoisotopic (exact) mass is 253 g/mol. The maximum atomic E-state index is 10.3. The van der Waals surface area contributed by atoms with Crippen molar-refractivity contribution in [2.45, 2.75) is 6.61 Å². The van der Waals surface area contributed by atoms with E-state index in [1.807, 2.05) is 18.2 Å². The van der Waals surface area contributed by atoms with Crippen LogP contribution in [0, 0.1) is 0 Å². The summed E-state index contributed by atoms with van der Waals surface area (Å²) in [6.45, 7) is -0.0901. The van der Waals surface area contributed by atoms with Gasteiger partial charge in [0.15, 0.2) is 0 Å². The van der Waals surface area contributed by atoms with Gasteiger partial charge in [-0.1, -0.05) is 0 Å². The number of fused-ring (bicyclic) bond motifs is 1. The number of carbonyl (C=O) groups is 1. The molecule has 0 atom stereocenters. The number of rotatable bonds is 5. The van der Waals surface area contributed by atoms with E-state index in [9.17, 15) is 4.79 Å². The summed E-state index contributed by atoms with van der Waals surface area (Å²) in [5, 5.41) is 9.20. The molecule has 0 aliphatic carbocycles. The molecular weight excluding hydrogens is 242 g/mol. The lowest BCUT2D eigenvalue weighted by atomic mass is 10.3. The van der Waals surface area contributed by atoms with Gasteiger partial charge in [-0.15, -0.1) is 11.3 Å². The van der Waals surface area contributed by atoms with E-state index in [-0.39, 0.29) is 13.2 Å². The molecule has 6 heteroatoms. The zero-order valence-corrected chi connectivity index (χ0v) is 9.99. The molecule has 0 amide bonds. The predicted octanol–water partition coefficient (Wildman–Crippen LogP) is 1.91. The molecule has 0 saturated carbocycles. The third kappa shape index (κ3) is 2.92. The number of thiazole rings is 1. The Morgan fingerprint density at radius 3 is 3.06 bits per heavy atom. The summed E-state index contributed by atoms with van der Waals surface area (Å²) >= 11 is 1.47. The number of benzene rings is 1. The molecule has 0 unspecified atom stereocenters. The molecule has 2 aromatic rings. The highest BCUT2D eigenvalue weighted by Crippen LogP contribution is 2.26. The van der Waals surface area contributed by atoms with Crippen molar-refractivity contribution in [1.82, 2.24) is 4.98 Å². The van der Waals surface area contributed by atoms with E-state index in [1.165, 1.54) is 11.3 Å². The number of carboxylic acids is 1. The van der Waals surface area contributed by atoms with Gasteiger partial charge in [0.05, 0.1) is 23.9 Å². The Balaban J connectivity index is 2.11. The van der Waals surface area contributed by atoms with Gasteiger partial charge in [-0.25, -0.2) is 9.78 Å². The summed E-state index contributed by atoms with van der Waals surface area (Å²) < 4.78 is 11.1. The van der Waals surface area contributed by atoms with E-state index in [0.29, 0.717) is 0 Å². The highest BCUT2D eigenvalue weighted by molar-refractivity contribution is 7.18. The summed E-state index contributed by atoms with van der Waals surface area (Å²) in [4.78, 5) is 14.6. The molecule has 1 N–H and O–H groups in total. The molecule has 5 nitrogen and oxygen atoms in total. The molecule has 0 radical (unpaired) electrons. The Hall–Kier alpha value is -1.66. The Bertz CT molecular complexity index is 537. The Labute approximate surface area is 102 Å². The molecular formula is C11H11NO4S. The number of carboxylic acid groups (broad SMARTS) is 1. The van der Waals surface area contributed by atoms with Crippen LogP contribution in [0.4, 0.5) is 0 Å². The van der Waals surface area contributed by atoms with Crippen molar-refractivity contribution in [3.63, 3.8) is 0 Å². The highest BCUT2D eigenvalue weighted by atomic mass is 32.1. The highest BCUT2D eigenvalue weighted by Gasteiger charge is 2.06. The fraction of sp³-hybridized carbons (Fsp3) is 0.273. The molecule has 0 spiro atoms.